The van der Waals surface area contributed by atoms with Crippen molar-refractivity contribution < 1.29 is 10.2 Å². The molecular formula is C9H14O2. The van der Waals surface area contributed by atoms with E-state index in [1.54, 1.807) is 0 Å². The third kappa shape index (κ3) is 7.03. The molecule has 0 fully saturated rings. The van der Waals surface area contributed by atoms with E-state index in [2.05, 4.69) is 19.1 Å². The smallest absolute Gasteiger partial charge is 0.0662 e. The average Bonchev–Trinajstić information content (AvgIpc) is 2.07. The minimum absolute atomic E-state index is 0.125. The van der Waals surface area contributed by atoms with Crippen molar-refractivity contribution in [1.82, 2.24) is 0 Å². The van der Waals surface area contributed by atoms with Crippen LogP contribution in [0.3, 0.4) is 0 Å². The topological polar surface area (TPSA) is 40.5 Å². The summed E-state index contributed by atoms with van der Waals surface area (Å²) < 4.78 is 0. The summed E-state index contributed by atoms with van der Waals surface area (Å²) in [4.78, 5) is 0. The third-order valence-electron chi connectivity index (χ3n) is 1.04. The zero-order chi connectivity index (χ0) is 8.53. The Bertz CT molecular complexity index is 158. The van der Waals surface area contributed by atoms with E-state index in [1.165, 1.54) is 5.56 Å². The van der Waals surface area contributed by atoms with Crippen LogP contribution < -0.4 is 0 Å². The Balaban J connectivity index is 0.000000218. The molecule has 11 heavy (non-hydrogen) atoms. The van der Waals surface area contributed by atoms with Crippen LogP contribution in [-0.2, 0) is 0 Å². The molecule has 0 aliphatic carbocycles. The first-order chi connectivity index (χ1) is 5.31. The lowest BCUT2D eigenvalue weighted by Crippen LogP contribution is -1.85. The molecule has 0 atom stereocenters. The Morgan fingerprint density at radius 1 is 1.00 bits per heavy atom. The van der Waals surface area contributed by atoms with Gasteiger partial charge >= 0.3 is 0 Å². The predicted octanol–water partition coefficient (Wildman–Crippen LogP) is 0.966. The van der Waals surface area contributed by atoms with Gasteiger partial charge in [-0.25, -0.2) is 0 Å². The number of hydrogen-bond donors (Lipinski definition) is 2. The Morgan fingerprint density at radius 3 is 1.64 bits per heavy atom. The van der Waals surface area contributed by atoms with Gasteiger partial charge in [0.05, 0.1) is 13.2 Å². The van der Waals surface area contributed by atoms with E-state index in [1.807, 2.05) is 18.2 Å². The summed E-state index contributed by atoms with van der Waals surface area (Å²) in [5.74, 6) is 0. The Hall–Kier alpha value is -0.860. The van der Waals surface area contributed by atoms with Crippen LogP contribution in [0, 0.1) is 6.92 Å². The second-order valence-corrected chi connectivity index (χ2v) is 2.10. The second-order valence-electron chi connectivity index (χ2n) is 2.10. The van der Waals surface area contributed by atoms with Crippen LogP contribution in [0.4, 0.5) is 0 Å². The molecule has 1 aromatic rings. The number of rotatable bonds is 1. The fraction of sp³-hybridized carbons (Fsp3) is 0.333. The lowest BCUT2D eigenvalue weighted by atomic mass is 10.2. The third-order valence-corrected chi connectivity index (χ3v) is 1.04. The summed E-state index contributed by atoms with van der Waals surface area (Å²) in [5.41, 5.74) is 1.32. The van der Waals surface area contributed by atoms with Gasteiger partial charge in [-0.05, 0) is 6.92 Å². The number of aliphatic hydroxyl groups is 2. The molecular weight excluding hydrogens is 140 g/mol. The molecule has 0 saturated carbocycles. The molecule has 2 heteroatoms. The number of aryl methyl sites for hydroxylation is 1. The first-order valence-corrected chi connectivity index (χ1v) is 3.54. The van der Waals surface area contributed by atoms with Crippen LogP contribution in [0.5, 0.6) is 0 Å². The molecule has 0 unspecified atom stereocenters. The summed E-state index contributed by atoms with van der Waals surface area (Å²) in [7, 11) is 0. The monoisotopic (exact) mass is 154 g/mol. The van der Waals surface area contributed by atoms with Crippen molar-refractivity contribution in [3.05, 3.63) is 35.9 Å². The lowest BCUT2D eigenvalue weighted by Gasteiger charge is -1.82. The van der Waals surface area contributed by atoms with Gasteiger partial charge in [0.15, 0.2) is 0 Å². The fourth-order valence-electron chi connectivity index (χ4n) is 0.534. The molecule has 0 aliphatic rings. The Morgan fingerprint density at radius 2 is 1.45 bits per heavy atom. The first kappa shape index (κ1) is 10.1. The highest BCUT2D eigenvalue weighted by molar-refractivity contribution is 5.11. The van der Waals surface area contributed by atoms with Crippen molar-refractivity contribution in [2.75, 3.05) is 13.2 Å². The number of benzene rings is 1. The maximum Gasteiger partial charge on any atom is 0.0662 e. The highest BCUT2D eigenvalue weighted by atomic mass is 16.3. The first-order valence-electron chi connectivity index (χ1n) is 3.54. The van der Waals surface area contributed by atoms with Gasteiger partial charge < -0.3 is 10.2 Å². The molecule has 0 aliphatic heterocycles. The van der Waals surface area contributed by atoms with Crippen molar-refractivity contribution >= 4 is 0 Å². The molecule has 1 aromatic carbocycles. The molecule has 2 nitrogen and oxygen atoms in total. The van der Waals surface area contributed by atoms with Gasteiger partial charge in [0.25, 0.3) is 0 Å². The van der Waals surface area contributed by atoms with E-state index in [0.29, 0.717) is 0 Å². The van der Waals surface area contributed by atoms with E-state index in [-0.39, 0.29) is 13.2 Å². The van der Waals surface area contributed by atoms with Crippen molar-refractivity contribution in [2.45, 2.75) is 6.92 Å². The van der Waals surface area contributed by atoms with Crippen LogP contribution in [0.2, 0.25) is 0 Å². The summed E-state index contributed by atoms with van der Waals surface area (Å²) >= 11 is 0. The van der Waals surface area contributed by atoms with Gasteiger partial charge in [0, 0.05) is 0 Å². The zero-order valence-electron chi connectivity index (χ0n) is 6.70. The summed E-state index contributed by atoms with van der Waals surface area (Å²) in [5, 5.41) is 15.2. The van der Waals surface area contributed by atoms with Crippen molar-refractivity contribution in [1.29, 1.82) is 0 Å². The van der Waals surface area contributed by atoms with Crippen LogP contribution >= 0.6 is 0 Å². The van der Waals surface area contributed by atoms with Crippen LogP contribution in [0.1, 0.15) is 5.56 Å². The van der Waals surface area contributed by atoms with E-state index >= 15 is 0 Å². The van der Waals surface area contributed by atoms with Gasteiger partial charge in [0.1, 0.15) is 0 Å². The van der Waals surface area contributed by atoms with Crippen LogP contribution in [0.25, 0.3) is 0 Å². The standard InChI is InChI=1S/C7H8.C2H6O2/c1-7-5-3-2-4-6-7;3-1-2-4/h2-6H,1H3;3-4H,1-2H2. The van der Waals surface area contributed by atoms with Gasteiger partial charge in [-0.15, -0.1) is 0 Å². The molecule has 0 aromatic heterocycles. The molecule has 0 radical (unpaired) electrons. The number of hydrogen-bond acceptors (Lipinski definition) is 2. The van der Waals surface area contributed by atoms with Crippen LogP contribution in [0.15, 0.2) is 30.3 Å². The predicted molar refractivity (Wildman–Crippen MR) is 45.4 cm³/mol. The quantitative estimate of drug-likeness (QED) is 0.632. The lowest BCUT2D eigenvalue weighted by molar-refractivity contribution is 0.186. The van der Waals surface area contributed by atoms with E-state index in [9.17, 15) is 0 Å². The zero-order valence-corrected chi connectivity index (χ0v) is 6.70. The van der Waals surface area contributed by atoms with Crippen LogP contribution in [-0.4, -0.2) is 23.4 Å². The normalized spacial score (nSPS) is 8.27. The largest absolute Gasteiger partial charge is 0.394 e. The molecule has 62 valence electrons. The maximum atomic E-state index is 7.62. The molecule has 1 rings (SSSR count). The minimum Gasteiger partial charge on any atom is -0.394 e. The molecule has 2 N–H and O–H groups in total. The van der Waals surface area contributed by atoms with Crippen molar-refractivity contribution in [2.24, 2.45) is 0 Å². The number of aliphatic hydroxyl groups excluding tert-OH is 2. The summed E-state index contributed by atoms with van der Waals surface area (Å²) in [6.45, 7) is 1.83. The average molecular weight is 154 g/mol. The van der Waals surface area contributed by atoms with Gasteiger partial charge in [-0.2, -0.15) is 0 Å². The Labute approximate surface area is 67.1 Å². The van der Waals surface area contributed by atoms with Gasteiger partial charge in [-0.3, -0.25) is 0 Å². The molecule has 0 amide bonds. The Kier molecular flexibility index (Phi) is 6.68. The molecule has 0 saturated heterocycles. The van der Waals surface area contributed by atoms with Gasteiger partial charge in [0.2, 0.25) is 0 Å². The summed E-state index contributed by atoms with van der Waals surface area (Å²) in [6.07, 6.45) is 0. The second kappa shape index (κ2) is 7.25. The van der Waals surface area contributed by atoms with Crippen molar-refractivity contribution in [3.8, 4) is 0 Å². The maximum absolute atomic E-state index is 7.62. The highest BCUT2D eigenvalue weighted by Gasteiger charge is 1.72. The fourth-order valence-corrected chi connectivity index (χ4v) is 0.534. The molecule has 0 spiro atoms. The highest BCUT2D eigenvalue weighted by Crippen LogP contribution is 1.92. The van der Waals surface area contributed by atoms with Gasteiger partial charge in [-0.1, -0.05) is 35.9 Å². The molecule has 0 bridgehead atoms. The molecule has 0 heterocycles. The SMILES string of the molecule is Cc1ccccc1.OCCO. The van der Waals surface area contributed by atoms with Crippen molar-refractivity contribution in [3.63, 3.8) is 0 Å². The van der Waals surface area contributed by atoms with E-state index < -0.39 is 0 Å². The minimum atomic E-state index is -0.125. The summed E-state index contributed by atoms with van der Waals surface area (Å²) in [6, 6.07) is 10.3. The van der Waals surface area contributed by atoms with E-state index in [4.69, 9.17) is 10.2 Å². The van der Waals surface area contributed by atoms with E-state index in [0.717, 1.165) is 0 Å².